The van der Waals surface area contributed by atoms with Crippen molar-refractivity contribution in [1.82, 2.24) is 19.1 Å². The van der Waals surface area contributed by atoms with Gasteiger partial charge in [-0.3, -0.25) is 4.57 Å². The Morgan fingerprint density at radius 3 is 2.18 bits per heavy atom. The fourth-order valence-electron chi connectivity index (χ4n) is 8.17. The first-order chi connectivity index (χ1) is 28.2. The summed E-state index contributed by atoms with van der Waals surface area (Å²) in [6.07, 6.45) is 20.4. The van der Waals surface area contributed by atoms with E-state index in [1.54, 1.807) is 0 Å². The normalized spacial score (nSPS) is 14.8. The topological polar surface area (TPSA) is 42.1 Å². The van der Waals surface area contributed by atoms with Crippen LogP contribution in [0.25, 0.3) is 40.4 Å². The van der Waals surface area contributed by atoms with Gasteiger partial charge in [0.15, 0.2) is 0 Å². The summed E-state index contributed by atoms with van der Waals surface area (Å²) in [5.74, 6) is 1.96. The number of benzene rings is 5. The van der Waals surface area contributed by atoms with E-state index in [0.717, 1.165) is 58.9 Å². The van der Waals surface area contributed by atoms with Crippen LogP contribution in [0.5, 0.6) is 0 Å². The number of anilines is 3. The lowest BCUT2D eigenvalue weighted by Gasteiger charge is -2.31. The van der Waals surface area contributed by atoms with Crippen LogP contribution in [0.3, 0.4) is 0 Å². The van der Waals surface area contributed by atoms with Crippen LogP contribution in [-0.4, -0.2) is 32.3 Å². The predicted molar refractivity (Wildman–Crippen MR) is 240 cm³/mol. The maximum absolute atomic E-state index is 5.31. The SMILES string of the molecule is CC.C\C=C/C=C\C=C\n1c(-c2cc(Cc3nc4ccccc4n3-c3ccccc3)cc(CC3N(C)c4ccccc4N3c3ccccc3)c2)nc2c1CCC=C2. The Morgan fingerprint density at radius 1 is 0.702 bits per heavy atom. The molecule has 2 aliphatic rings. The lowest BCUT2D eigenvalue weighted by Crippen LogP contribution is -2.40. The van der Waals surface area contributed by atoms with Crippen LogP contribution in [0, 0.1) is 0 Å². The van der Waals surface area contributed by atoms with Crippen molar-refractivity contribution in [2.75, 3.05) is 16.8 Å². The van der Waals surface area contributed by atoms with Gasteiger partial charge in [0.2, 0.25) is 0 Å². The van der Waals surface area contributed by atoms with Crippen molar-refractivity contribution in [3.05, 3.63) is 192 Å². The van der Waals surface area contributed by atoms with Gasteiger partial charge in [-0.15, -0.1) is 0 Å². The summed E-state index contributed by atoms with van der Waals surface area (Å²) in [7, 11) is 2.22. The Hall–Kier alpha value is -6.66. The predicted octanol–water partition coefficient (Wildman–Crippen LogP) is 12.2. The lowest BCUT2D eigenvalue weighted by atomic mass is 9.99. The summed E-state index contributed by atoms with van der Waals surface area (Å²) in [5.41, 5.74) is 12.7. The van der Waals surface area contributed by atoms with Crippen LogP contribution in [0.2, 0.25) is 0 Å². The van der Waals surface area contributed by atoms with Gasteiger partial charge in [-0.05, 0) is 104 Å². The number of imidazole rings is 2. The van der Waals surface area contributed by atoms with Crippen molar-refractivity contribution >= 4 is 40.4 Å². The first kappa shape index (κ1) is 37.3. The number of hydrogen-bond acceptors (Lipinski definition) is 4. The molecule has 2 aromatic heterocycles. The van der Waals surface area contributed by atoms with E-state index in [0.29, 0.717) is 6.42 Å². The Labute approximate surface area is 337 Å². The van der Waals surface area contributed by atoms with Gasteiger partial charge in [0.25, 0.3) is 0 Å². The van der Waals surface area contributed by atoms with Gasteiger partial charge in [0.05, 0.1) is 33.8 Å². The minimum Gasteiger partial charge on any atom is -0.352 e. The highest BCUT2D eigenvalue weighted by Gasteiger charge is 2.34. The number of fused-ring (bicyclic) bond motifs is 3. The zero-order chi connectivity index (χ0) is 39.1. The Bertz CT molecular complexity index is 2590. The van der Waals surface area contributed by atoms with E-state index in [1.807, 2.05) is 32.9 Å². The highest BCUT2D eigenvalue weighted by molar-refractivity contribution is 5.84. The van der Waals surface area contributed by atoms with Crippen LogP contribution in [0.4, 0.5) is 17.1 Å². The third kappa shape index (κ3) is 7.51. The zero-order valence-corrected chi connectivity index (χ0v) is 33.3. The summed E-state index contributed by atoms with van der Waals surface area (Å²) in [5, 5.41) is 0. The molecule has 7 aromatic rings. The van der Waals surface area contributed by atoms with Crippen LogP contribution >= 0.6 is 0 Å². The quantitative estimate of drug-likeness (QED) is 0.131. The van der Waals surface area contributed by atoms with Crippen molar-refractivity contribution in [2.45, 2.75) is 52.6 Å². The van der Waals surface area contributed by atoms with Crippen LogP contribution in [-0.2, 0) is 19.3 Å². The van der Waals surface area contributed by atoms with E-state index in [1.165, 1.54) is 33.9 Å². The minimum atomic E-state index is 0.0735. The number of nitrogens with zero attached hydrogens (tertiary/aromatic N) is 6. The lowest BCUT2D eigenvalue weighted by molar-refractivity contribution is 0.664. The van der Waals surface area contributed by atoms with Gasteiger partial charge in [-0.2, -0.15) is 0 Å². The summed E-state index contributed by atoms with van der Waals surface area (Å²) in [6, 6.07) is 45.6. The Balaban J connectivity index is 0.00000224. The first-order valence-electron chi connectivity index (χ1n) is 20.2. The van der Waals surface area contributed by atoms with E-state index in [4.69, 9.17) is 9.97 Å². The number of para-hydroxylation sites is 6. The largest absolute Gasteiger partial charge is 0.352 e. The molecule has 1 unspecified atom stereocenters. The standard InChI is InChI=1S/C49H44N6.C2H6/c1-3-4-5-6-19-30-53-43-26-15-13-24-41(43)51-49(53)38-32-36(34-47-50-42-25-14-16-27-44(42)54(47)39-20-9-7-10-21-39)31-37(33-38)35-48-52(2)45-28-17-18-29-46(45)55(48)40-22-11-8-12-23-40;1-2/h3-14,16-25,27-33,48H,15,26,34-35H2,1-2H3;1-2H3/b4-3-,6-5-,30-19+;. The number of rotatable bonds is 10. The number of hydrogen-bond donors (Lipinski definition) is 0. The Kier molecular flexibility index (Phi) is 11.1. The smallest absolute Gasteiger partial charge is 0.144 e. The highest BCUT2D eigenvalue weighted by Crippen LogP contribution is 2.44. The molecule has 0 bridgehead atoms. The molecule has 0 amide bonds. The average Bonchev–Trinajstić information content (AvgIpc) is 3.91. The van der Waals surface area contributed by atoms with E-state index >= 15 is 0 Å². The van der Waals surface area contributed by atoms with Gasteiger partial charge >= 0.3 is 0 Å². The number of allylic oxidation sites excluding steroid dienone is 6. The third-order valence-electron chi connectivity index (χ3n) is 10.7. The molecule has 6 nitrogen and oxygen atoms in total. The molecule has 1 aliphatic carbocycles. The maximum atomic E-state index is 5.31. The van der Waals surface area contributed by atoms with Crippen LogP contribution < -0.4 is 9.80 Å². The molecule has 6 heteroatoms. The molecule has 0 saturated heterocycles. The molecule has 0 N–H and O–H groups in total. The summed E-state index contributed by atoms with van der Waals surface area (Å²) >= 11 is 0. The van der Waals surface area contributed by atoms with Crippen molar-refractivity contribution < 1.29 is 0 Å². The zero-order valence-electron chi connectivity index (χ0n) is 33.3. The molecule has 0 saturated carbocycles. The fourth-order valence-corrected chi connectivity index (χ4v) is 8.17. The monoisotopic (exact) mass is 746 g/mol. The molecule has 57 heavy (non-hydrogen) atoms. The van der Waals surface area contributed by atoms with Gasteiger partial charge in [-0.25, -0.2) is 9.97 Å². The average molecular weight is 747 g/mol. The van der Waals surface area contributed by atoms with Crippen molar-refractivity contribution in [3.8, 4) is 17.1 Å². The molecule has 5 aromatic carbocycles. The molecular formula is C51H50N6. The number of aromatic nitrogens is 4. The molecule has 284 valence electrons. The second-order valence-corrected chi connectivity index (χ2v) is 14.2. The minimum absolute atomic E-state index is 0.0735. The second kappa shape index (κ2) is 17.0. The molecule has 1 atom stereocenters. The van der Waals surface area contributed by atoms with E-state index in [9.17, 15) is 0 Å². The van der Waals surface area contributed by atoms with Crippen molar-refractivity contribution in [1.29, 1.82) is 0 Å². The van der Waals surface area contributed by atoms with E-state index < -0.39 is 0 Å². The van der Waals surface area contributed by atoms with Gasteiger partial charge in [0, 0.05) is 43.0 Å². The second-order valence-electron chi connectivity index (χ2n) is 14.2. The van der Waals surface area contributed by atoms with Gasteiger partial charge < -0.3 is 14.4 Å². The molecule has 9 rings (SSSR count). The third-order valence-corrected chi connectivity index (χ3v) is 10.7. The van der Waals surface area contributed by atoms with Crippen LogP contribution in [0.1, 0.15) is 55.5 Å². The summed E-state index contributed by atoms with van der Waals surface area (Å²) in [4.78, 5) is 15.5. The van der Waals surface area contributed by atoms with Crippen LogP contribution in [0.15, 0.2) is 164 Å². The molecule has 0 spiro atoms. The van der Waals surface area contributed by atoms with Crippen molar-refractivity contribution in [2.24, 2.45) is 0 Å². The highest BCUT2D eigenvalue weighted by atomic mass is 15.4. The first-order valence-corrected chi connectivity index (χ1v) is 20.2. The number of likely N-dealkylation sites (N-methyl/N-ethyl adjacent to an activating group) is 1. The van der Waals surface area contributed by atoms with E-state index in [2.05, 4.69) is 190 Å². The summed E-state index contributed by atoms with van der Waals surface area (Å²) < 4.78 is 4.61. The van der Waals surface area contributed by atoms with Gasteiger partial charge in [-0.1, -0.05) is 111 Å². The van der Waals surface area contributed by atoms with E-state index in [-0.39, 0.29) is 6.17 Å². The molecule has 0 radical (unpaired) electrons. The molecule has 0 fully saturated rings. The molecule has 3 heterocycles. The molecular weight excluding hydrogens is 697 g/mol. The Morgan fingerprint density at radius 2 is 1.39 bits per heavy atom. The van der Waals surface area contributed by atoms with Crippen molar-refractivity contribution in [3.63, 3.8) is 0 Å². The van der Waals surface area contributed by atoms with Gasteiger partial charge in [0.1, 0.15) is 17.8 Å². The molecule has 1 aliphatic heterocycles. The fraction of sp³-hybridized carbons (Fsp3) is 0.176. The summed E-state index contributed by atoms with van der Waals surface area (Å²) in [6.45, 7) is 6.03. The maximum Gasteiger partial charge on any atom is 0.144 e.